The molecule has 0 aromatic heterocycles. The number of amides is 1. The number of nitrogens with zero attached hydrogens (tertiary/aromatic N) is 1. The van der Waals surface area contributed by atoms with Gasteiger partial charge in [0.25, 0.3) is 5.91 Å². The third-order valence-electron chi connectivity index (χ3n) is 4.49. The average molecular weight is 445 g/mol. The zero-order valence-corrected chi connectivity index (χ0v) is 16.8. The molecule has 0 aliphatic carbocycles. The van der Waals surface area contributed by atoms with Crippen LogP contribution in [0.4, 0.5) is 8.78 Å². The number of ether oxygens (including phenoxy) is 1. The summed E-state index contributed by atoms with van der Waals surface area (Å²) in [5, 5.41) is -0.238. The minimum atomic E-state index is -3.92. The fourth-order valence-electron chi connectivity index (χ4n) is 2.97. The molecule has 0 atom stereocenters. The molecule has 1 saturated heterocycles. The van der Waals surface area contributed by atoms with Gasteiger partial charge in [-0.3, -0.25) is 4.79 Å². The van der Waals surface area contributed by atoms with E-state index >= 15 is 0 Å². The van der Waals surface area contributed by atoms with Gasteiger partial charge < -0.3 is 9.64 Å². The molecule has 29 heavy (non-hydrogen) atoms. The number of likely N-dealkylation sites (tertiary alicyclic amines) is 1. The van der Waals surface area contributed by atoms with Crippen molar-refractivity contribution in [3.05, 3.63) is 58.6 Å². The van der Waals surface area contributed by atoms with E-state index in [4.69, 9.17) is 11.6 Å². The summed E-state index contributed by atoms with van der Waals surface area (Å²) in [6.07, 6.45) is 2.01. The van der Waals surface area contributed by atoms with Crippen molar-refractivity contribution in [2.45, 2.75) is 30.9 Å². The highest BCUT2D eigenvalue weighted by Crippen LogP contribution is 2.28. The summed E-state index contributed by atoms with van der Waals surface area (Å²) in [6.45, 7) is -1.56. The Labute approximate surface area is 172 Å². The Morgan fingerprint density at radius 3 is 2.38 bits per heavy atom. The van der Waals surface area contributed by atoms with Crippen LogP contribution in [0.2, 0.25) is 5.02 Å². The van der Waals surface area contributed by atoms with Crippen LogP contribution in [0.5, 0.6) is 5.75 Å². The van der Waals surface area contributed by atoms with Crippen LogP contribution in [0.1, 0.15) is 28.8 Å². The molecule has 6 nitrogen and oxygen atoms in total. The molecule has 1 heterocycles. The zero-order chi connectivity index (χ0) is 21.0. The molecule has 0 saturated carbocycles. The third-order valence-corrected chi connectivity index (χ3v) is 6.18. The van der Waals surface area contributed by atoms with Crippen molar-refractivity contribution >= 4 is 27.5 Å². The van der Waals surface area contributed by atoms with Gasteiger partial charge in [0.05, 0.1) is 9.92 Å². The van der Waals surface area contributed by atoms with Crippen LogP contribution >= 0.6 is 11.6 Å². The molecular formula is C19H19ClF2N2O4S. The van der Waals surface area contributed by atoms with Crippen LogP contribution in [0.3, 0.4) is 0 Å². The molecule has 2 aromatic rings. The Balaban J connectivity index is 1.64. The van der Waals surface area contributed by atoms with E-state index < -0.39 is 16.6 Å². The van der Waals surface area contributed by atoms with Gasteiger partial charge in [0.2, 0.25) is 10.0 Å². The fraction of sp³-hybridized carbons (Fsp3) is 0.316. The van der Waals surface area contributed by atoms with E-state index in [9.17, 15) is 22.0 Å². The number of rotatable bonds is 7. The number of hydrogen-bond donors (Lipinski definition) is 1. The minimum absolute atomic E-state index is 0.00653. The van der Waals surface area contributed by atoms with Gasteiger partial charge in [-0.2, -0.15) is 8.78 Å². The first-order valence-electron chi connectivity index (χ1n) is 8.88. The fourth-order valence-corrected chi connectivity index (χ4v) is 4.30. The lowest BCUT2D eigenvalue weighted by atomic mass is 10.1. The summed E-state index contributed by atoms with van der Waals surface area (Å²) in [5.74, 6) is -0.339. The number of carbonyl (C=O) groups is 1. The molecule has 1 aliphatic heterocycles. The minimum Gasteiger partial charge on any atom is -0.433 e. The van der Waals surface area contributed by atoms with Crippen molar-refractivity contribution in [2.75, 3.05) is 13.1 Å². The number of nitrogens with one attached hydrogen (secondary N) is 1. The second-order valence-corrected chi connectivity index (χ2v) is 8.67. The molecule has 1 fully saturated rings. The molecule has 0 bridgehead atoms. The summed E-state index contributed by atoms with van der Waals surface area (Å²) in [6, 6.07) is 9.93. The summed E-state index contributed by atoms with van der Waals surface area (Å²) >= 11 is 5.81. The van der Waals surface area contributed by atoms with Crippen molar-refractivity contribution in [3.8, 4) is 5.75 Å². The molecule has 1 amide bonds. The predicted octanol–water partition coefficient (Wildman–Crippen LogP) is 3.66. The van der Waals surface area contributed by atoms with Crippen LogP contribution in [0.25, 0.3) is 0 Å². The Hall–Kier alpha value is -2.23. The number of halogens is 3. The Morgan fingerprint density at radius 1 is 1.14 bits per heavy atom. The lowest BCUT2D eigenvalue weighted by molar-refractivity contribution is -0.0498. The second kappa shape index (κ2) is 9.06. The molecule has 0 radical (unpaired) electrons. The third kappa shape index (κ3) is 5.43. The van der Waals surface area contributed by atoms with E-state index in [0.717, 1.165) is 44.1 Å². The SMILES string of the molecule is O=C(c1ccc(CNS(=O)(=O)c2ccc(OC(F)F)c(Cl)c2)cc1)N1CCCC1. The molecule has 1 aliphatic rings. The summed E-state index contributed by atoms with van der Waals surface area (Å²) in [5.41, 5.74) is 1.22. The maximum Gasteiger partial charge on any atom is 0.387 e. The zero-order valence-electron chi connectivity index (χ0n) is 15.3. The highest BCUT2D eigenvalue weighted by Gasteiger charge is 2.20. The number of sulfonamides is 1. The number of benzene rings is 2. The van der Waals surface area contributed by atoms with E-state index in [-0.39, 0.29) is 28.1 Å². The van der Waals surface area contributed by atoms with Crippen molar-refractivity contribution < 1.29 is 26.7 Å². The van der Waals surface area contributed by atoms with Crippen LogP contribution < -0.4 is 9.46 Å². The lowest BCUT2D eigenvalue weighted by Gasteiger charge is -2.15. The number of alkyl halides is 2. The molecule has 10 heteroatoms. The van der Waals surface area contributed by atoms with Gasteiger partial charge in [0, 0.05) is 25.2 Å². The van der Waals surface area contributed by atoms with Gasteiger partial charge in [-0.15, -0.1) is 0 Å². The Kier molecular flexibility index (Phi) is 6.71. The average Bonchev–Trinajstić information content (AvgIpc) is 3.22. The first-order valence-corrected chi connectivity index (χ1v) is 10.7. The largest absolute Gasteiger partial charge is 0.433 e. The van der Waals surface area contributed by atoms with Gasteiger partial charge >= 0.3 is 6.61 Å². The molecular weight excluding hydrogens is 426 g/mol. The van der Waals surface area contributed by atoms with E-state index in [1.807, 2.05) is 0 Å². The molecule has 0 spiro atoms. The highest BCUT2D eigenvalue weighted by molar-refractivity contribution is 7.89. The van der Waals surface area contributed by atoms with Gasteiger partial charge in [0.1, 0.15) is 5.75 Å². The van der Waals surface area contributed by atoms with Crippen molar-refractivity contribution in [1.29, 1.82) is 0 Å². The van der Waals surface area contributed by atoms with E-state index in [1.165, 1.54) is 0 Å². The molecule has 0 unspecified atom stereocenters. The van der Waals surface area contributed by atoms with Gasteiger partial charge in [0.15, 0.2) is 0 Å². The van der Waals surface area contributed by atoms with Crippen molar-refractivity contribution in [3.63, 3.8) is 0 Å². The lowest BCUT2D eigenvalue weighted by Crippen LogP contribution is -2.27. The van der Waals surface area contributed by atoms with Crippen LogP contribution in [-0.4, -0.2) is 38.9 Å². The van der Waals surface area contributed by atoms with E-state index in [1.54, 1.807) is 29.2 Å². The summed E-state index contributed by atoms with van der Waals surface area (Å²) in [7, 11) is -3.92. The first kappa shape index (κ1) is 21.5. The quantitative estimate of drug-likeness (QED) is 0.707. The van der Waals surface area contributed by atoms with Crippen LogP contribution in [0.15, 0.2) is 47.4 Å². The van der Waals surface area contributed by atoms with Crippen molar-refractivity contribution in [2.24, 2.45) is 0 Å². The standard InChI is InChI=1S/C19H19ClF2N2O4S/c20-16-11-15(7-8-17(16)28-19(21)22)29(26,27)23-12-13-3-5-14(6-4-13)18(25)24-9-1-2-10-24/h3-8,11,19,23H,1-2,9-10,12H2. The molecule has 2 aromatic carbocycles. The Morgan fingerprint density at radius 2 is 1.79 bits per heavy atom. The second-order valence-electron chi connectivity index (χ2n) is 6.49. The topological polar surface area (TPSA) is 75.7 Å². The molecule has 156 valence electrons. The summed E-state index contributed by atoms with van der Waals surface area (Å²) in [4.78, 5) is 13.9. The predicted molar refractivity (Wildman–Crippen MR) is 104 cm³/mol. The highest BCUT2D eigenvalue weighted by atomic mass is 35.5. The number of carbonyl (C=O) groups excluding carboxylic acids is 1. The van der Waals surface area contributed by atoms with Gasteiger partial charge in [-0.25, -0.2) is 13.1 Å². The Bertz CT molecular complexity index is 978. The van der Waals surface area contributed by atoms with E-state index in [0.29, 0.717) is 11.1 Å². The smallest absolute Gasteiger partial charge is 0.387 e. The van der Waals surface area contributed by atoms with Gasteiger partial charge in [-0.1, -0.05) is 23.7 Å². The van der Waals surface area contributed by atoms with E-state index in [2.05, 4.69) is 9.46 Å². The monoisotopic (exact) mass is 444 g/mol. The maximum atomic E-state index is 12.4. The summed E-state index contributed by atoms with van der Waals surface area (Å²) < 4.78 is 56.0. The first-order chi connectivity index (χ1) is 13.8. The van der Waals surface area contributed by atoms with Crippen LogP contribution in [-0.2, 0) is 16.6 Å². The molecule has 3 rings (SSSR count). The van der Waals surface area contributed by atoms with Crippen molar-refractivity contribution in [1.82, 2.24) is 9.62 Å². The normalized spacial score (nSPS) is 14.4. The maximum absolute atomic E-state index is 12.4. The molecule has 1 N–H and O–H groups in total. The van der Waals surface area contributed by atoms with Gasteiger partial charge in [-0.05, 0) is 48.7 Å². The van der Waals surface area contributed by atoms with Crippen LogP contribution in [0, 0.1) is 0 Å². The number of hydrogen-bond acceptors (Lipinski definition) is 4.